The zero-order valence-corrected chi connectivity index (χ0v) is 14.5. The lowest BCUT2D eigenvalue weighted by Gasteiger charge is -2.18. The van der Waals surface area contributed by atoms with E-state index in [9.17, 15) is 4.79 Å². The van der Waals surface area contributed by atoms with Crippen molar-refractivity contribution in [1.29, 1.82) is 0 Å². The normalized spacial score (nSPS) is 17.7. The molecule has 4 heteroatoms. The average Bonchev–Trinajstić information content (AvgIpc) is 3.09. The molecule has 1 aromatic heterocycles. The number of nitrogens with zero attached hydrogens (tertiary/aromatic N) is 3. The molecule has 0 saturated carbocycles. The highest BCUT2D eigenvalue weighted by Gasteiger charge is 2.28. The first-order valence-electron chi connectivity index (χ1n) is 8.29. The molecule has 23 heavy (non-hydrogen) atoms. The molecule has 122 valence electrons. The lowest BCUT2D eigenvalue weighted by molar-refractivity contribution is -0.129. The highest BCUT2D eigenvalue weighted by molar-refractivity contribution is 5.79. The standard InChI is InChI=1S/C19H25N3O/c1-13-7-5-6-8-17(13)16-9-10-22(12-16)19(23)11-18-14(2)20-21(4)15(18)3/h5-8,16H,9-12H2,1-4H3/t16-/m0/s1. The number of hydrogen-bond donors (Lipinski definition) is 0. The highest BCUT2D eigenvalue weighted by Crippen LogP contribution is 2.29. The van der Waals surface area contributed by atoms with Crippen LogP contribution in [0.5, 0.6) is 0 Å². The molecule has 1 amide bonds. The van der Waals surface area contributed by atoms with Crippen LogP contribution in [-0.4, -0.2) is 33.7 Å². The minimum Gasteiger partial charge on any atom is -0.342 e. The summed E-state index contributed by atoms with van der Waals surface area (Å²) in [5, 5.41) is 4.41. The molecule has 0 unspecified atom stereocenters. The van der Waals surface area contributed by atoms with Crippen LogP contribution in [0.1, 0.15) is 40.4 Å². The summed E-state index contributed by atoms with van der Waals surface area (Å²) in [5.41, 5.74) is 5.85. The maximum atomic E-state index is 12.7. The smallest absolute Gasteiger partial charge is 0.227 e. The van der Waals surface area contributed by atoms with Gasteiger partial charge >= 0.3 is 0 Å². The van der Waals surface area contributed by atoms with Crippen LogP contribution in [0.2, 0.25) is 0 Å². The second-order valence-electron chi connectivity index (χ2n) is 6.63. The van der Waals surface area contributed by atoms with Gasteiger partial charge in [0, 0.05) is 37.3 Å². The number of carbonyl (C=O) groups is 1. The number of hydrogen-bond acceptors (Lipinski definition) is 2. The van der Waals surface area contributed by atoms with Gasteiger partial charge in [-0.2, -0.15) is 5.10 Å². The second kappa shape index (κ2) is 6.19. The quantitative estimate of drug-likeness (QED) is 0.874. The van der Waals surface area contributed by atoms with Crippen molar-refractivity contribution in [3.8, 4) is 0 Å². The highest BCUT2D eigenvalue weighted by atomic mass is 16.2. The van der Waals surface area contributed by atoms with Gasteiger partial charge in [-0.1, -0.05) is 24.3 Å². The van der Waals surface area contributed by atoms with Gasteiger partial charge in [-0.05, 0) is 38.3 Å². The Bertz CT molecular complexity index is 732. The molecule has 3 rings (SSSR count). The first-order chi connectivity index (χ1) is 11.0. The van der Waals surface area contributed by atoms with Gasteiger partial charge in [-0.3, -0.25) is 9.48 Å². The molecule has 0 N–H and O–H groups in total. The van der Waals surface area contributed by atoms with Crippen LogP contribution >= 0.6 is 0 Å². The molecule has 1 atom stereocenters. The summed E-state index contributed by atoms with van der Waals surface area (Å²) in [5.74, 6) is 0.691. The maximum absolute atomic E-state index is 12.7. The van der Waals surface area contributed by atoms with Crippen LogP contribution in [-0.2, 0) is 18.3 Å². The van der Waals surface area contributed by atoms with E-state index in [4.69, 9.17) is 0 Å². The molecule has 2 heterocycles. The third-order valence-electron chi connectivity index (χ3n) is 5.16. The predicted molar refractivity (Wildman–Crippen MR) is 91.5 cm³/mol. The van der Waals surface area contributed by atoms with Gasteiger partial charge in [-0.15, -0.1) is 0 Å². The minimum absolute atomic E-state index is 0.222. The number of aryl methyl sites for hydroxylation is 3. The molecular formula is C19H25N3O. The monoisotopic (exact) mass is 311 g/mol. The van der Waals surface area contributed by atoms with E-state index in [0.717, 1.165) is 36.5 Å². The Hall–Kier alpha value is -2.10. The number of aromatic nitrogens is 2. The van der Waals surface area contributed by atoms with Crippen LogP contribution in [0.4, 0.5) is 0 Å². The van der Waals surface area contributed by atoms with Crippen molar-refractivity contribution in [1.82, 2.24) is 14.7 Å². The van der Waals surface area contributed by atoms with Crippen LogP contribution in [0.25, 0.3) is 0 Å². The Morgan fingerprint density at radius 1 is 1.26 bits per heavy atom. The zero-order chi connectivity index (χ0) is 16.6. The van der Waals surface area contributed by atoms with E-state index in [1.807, 2.05) is 30.5 Å². The molecule has 0 aliphatic carbocycles. The van der Waals surface area contributed by atoms with Crippen LogP contribution < -0.4 is 0 Å². The van der Waals surface area contributed by atoms with E-state index < -0.39 is 0 Å². The Kier molecular flexibility index (Phi) is 4.24. The Morgan fingerprint density at radius 3 is 2.65 bits per heavy atom. The lowest BCUT2D eigenvalue weighted by atomic mass is 9.94. The summed E-state index contributed by atoms with van der Waals surface area (Å²) < 4.78 is 1.86. The van der Waals surface area contributed by atoms with E-state index in [1.54, 1.807) is 0 Å². The van der Waals surface area contributed by atoms with Crippen LogP contribution in [0, 0.1) is 20.8 Å². The van der Waals surface area contributed by atoms with Gasteiger partial charge in [0.25, 0.3) is 0 Å². The molecule has 1 aromatic carbocycles. The SMILES string of the molecule is Cc1ccccc1[C@H]1CCN(C(=O)Cc2c(C)nn(C)c2C)C1. The fourth-order valence-corrected chi connectivity index (χ4v) is 3.62. The second-order valence-corrected chi connectivity index (χ2v) is 6.63. The van der Waals surface area contributed by atoms with Crippen molar-refractivity contribution in [2.75, 3.05) is 13.1 Å². The summed E-state index contributed by atoms with van der Waals surface area (Å²) in [7, 11) is 1.93. The summed E-state index contributed by atoms with van der Waals surface area (Å²) in [6, 6.07) is 8.52. The van der Waals surface area contributed by atoms with E-state index >= 15 is 0 Å². The van der Waals surface area contributed by atoms with Crippen LogP contribution in [0.3, 0.4) is 0 Å². The predicted octanol–water partition coefficient (Wildman–Crippen LogP) is 2.90. The van der Waals surface area contributed by atoms with Crippen molar-refractivity contribution in [2.24, 2.45) is 7.05 Å². The third-order valence-corrected chi connectivity index (χ3v) is 5.16. The van der Waals surface area contributed by atoms with Gasteiger partial charge in [0.1, 0.15) is 0 Å². The topological polar surface area (TPSA) is 38.1 Å². The van der Waals surface area contributed by atoms with Crippen molar-refractivity contribution in [2.45, 2.75) is 39.5 Å². The maximum Gasteiger partial charge on any atom is 0.227 e. The molecule has 1 aliphatic heterocycles. The summed E-state index contributed by atoms with van der Waals surface area (Å²) in [6.07, 6.45) is 1.52. The number of likely N-dealkylation sites (tertiary alicyclic amines) is 1. The Morgan fingerprint density at radius 2 is 2.00 bits per heavy atom. The average molecular weight is 311 g/mol. The Balaban J connectivity index is 1.69. The molecule has 0 bridgehead atoms. The number of amides is 1. The first-order valence-corrected chi connectivity index (χ1v) is 8.29. The number of benzene rings is 1. The van der Waals surface area contributed by atoms with Crippen molar-refractivity contribution < 1.29 is 4.79 Å². The van der Waals surface area contributed by atoms with Crippen molar-refractivity contribution in [3.63, 3.8) is 0 Å². The molecule has 0 radical (unpaired) electrons. The molecule has 0 spiro atoms. The number of rotatable bonds is 3. The summed E-state index contributed by atoms with van der Waals surface area (Å²) >= 11 is 0. The summed E-state index contributed by atoms with van der Waals surface area (Å²) in [6.45, 7) is 7.86. The third kappa shape index (κ3) is 3.03. The summed E-state index contributed by atoms with van der Waals surface area (Å²) in [4.78, 5) is 14.7. The van der Waals surface area contributed by atoms with E-state index in [1.165, 1.54) is 11.1 Å². The van der Waals surface area contributed by atoms with Gasteiger partial charge in [0.15, 0.2) is 0 Å². The van der Waals surface area contributed by atoms with Gasteiger partial charge in [0.05, 0.1) is 12.1 Å². The zero-order valence-electron chi connectivity index (χ0n) is 14.5. The molecule has 1 saturated heterocycles. The largest absolute Gasteiger partial charge is 0.342 e. The van der Waals surface area contributed by atoms with E-state index in [2.05, 4.69) is 36.3 Å². The molecular weight excluding hydrogens is 286 g/mol. The molecule has 4 nitrogen and oxygen atoms in total. The van der Waals surface area contributed by atoms with Gasteiger partial charge < -0.3 is 4.90 Å². The molecule has 2 aromatic rings. The van der Waals surface area contributed by atoms with Gasteiger partial charge in [-0.25, -0.2) is 0 Å². The molecule has 1 fully saturated rings. The fraction of sp³-hybridized carbons (Fsp3) is 0.474. The van der Waals surface area contributed by atoms with E-state index in [0.29, 0.717) is 12.3 Å². The van der Waals surface area contributed by atoms with E-state index in [-0.39, 0.29) is 5.91 Å². The first kappa shape index (κ1) is 15.8. The minimum atomic E-state index is 0.222. The van der Waals surface area contributed by atoms with Crippen molar-refractivity contribution >= 4 is 5.91 Å². The fourth-order valence-electron chi connectivity index (χ4n) is 3.62. The van der Waals surface area contributed by atoms with Gasteiger partial charge in [0.2, 0.25) is 5.91 Å². The lowest BCUT2D eigenvalue weighted by Crippen LogP contribution is -2.30. The number of carbonyl (C=O) groups excluding carboxylic acids is 1. The van der Waals surface area contributed by atoms with Crippen molar-refractivity contribution in [3.05, 3.63) is 52.3 Å². The Labute approximate surface area is 138 Å². The molecule has 1 aliphatic rings. The van der Waals surface area contributed by atoms with Crippen LogP contribution in [0.15, 0.2) is 24.3 Å².